The molecule has 4 aromatic carbocycles. The van der Waals surface area contributed by atoms with Crippen LogP contribution in [-0.2, 0) is 0 Å². The van der Waals surface area contributed by atoms with Gasteiger partial charge in [0.05, 0.1) is 28.4 Å². The summed E-state index contributed by atoms with van der Waals surface area (Å²) in [6.45, 7) is 0. The van der Waals surface area contributed by atoms with E-state index >= 15 is 0 Å². The highest BCUT2D eigenvalue weighted by molar-refractivity contribution is 5.92. The van der Waals surface area contributed by atoms with E-state index in [1.54, 1.807) is 7.05 Å². The lowest BCUT2D eigenvalue weighted by Gasteiger charge is -2.00. The Balaban J connectivity index is 1.47. The van der Waals surface area contributed by atoms with Crippen molar-refractivity contribution in [1.82, 2.24) is 0 Å². The second kappa shape index (κ2) is 8.75. The van der Waals surface area contributed by atoms with E-state index in [2.05, 4.69) is 42.8 Å². The number of hydrogen-bond acceptors (Lipinski definition) is 6. The maximum atomic E-state index is 4.41. The van der Waals surface area contributed by atoms with Gasteiger partial charge in [-0.15, -0.1) is 5.11 Å². The monoisotopic (exact) mass is 378 g/mol. The summed E-state index contributed by atoms with van der Waals surface area (Å²) >= 11 is 0. The van der Waals surface area contributed by atoms with Crippen LogP contribution in [0.15, 0.2) is 122 Å². The first-order valence-corrected chi connectivity index (χ1v) is 9.13. The molecule has 0 N–H and O–H groups in total. The van der Waals surface area contributed by atoms with Gasteiger partial charge in [-0.25, -0.2) is 0 Å². The fourth-order valence-corrected chi connectivity index (χ4v) is 2.81. The zero-order chi connectivity index (χ0) is 19.9. The molecular weight excluding hydrogens is 360 g/mol. The average Bonchev–Trinajstić information content (AvgIpc) is 2.78. The first-order valence-electron chi connectivity index (χ1n) is 9.13. The molecule has 0 aliphatic carbocycles. The quantitative estimate of drug-likeness (QED) is 0.313. The van der Waals surface area contributed by atoms with Crippen LogP contribution in [-0.4, -0.2) is 7.05 Å². The number of fused-ring (bicyclic) bond motifs is 1. The van der Waals surface area contributed by atoms with E-state index < -0.39 is 0 Å². The second-order valence-electron chi connectivity index (χ2n) is 6.23. The highest BCUT2D eigenvalue weighted by Gasteiger charge is 1.99. The lowest BCUT2D eigenvalue weighted by molar-refractivity contribution is 1.16. The Morgan fingerprint density at radius 3 is 1.52 bits per heavy atom. The Bertz CT molecular complexity index is 1190. The molecule has 0 aliphatic rings. The largest absolute Gasteiger partial charge is 0.192 e. The lowest BCUT2D eigenvalue weighted by Crippen LogP contribution is -1.72. The van der Waals surface area contributed by atoms with Gasteiger partial charge >= 0.3 is 0 Å². The predicted molar refractivity (Wildman–Crippen MR) is 116 cm³/mol. The Hall–Kier alpha value is -4.06. The molecule has 0 bridgehead atoms. The normalized spacial score (nSPS) is 11.9. The smallest absolute Gasteiger partial charge is 0.0935 e. The van der Waals surface area contributed by atoms with Gasteiger partial charge in [0, 0.05) is 12.4 Å². The molecule has 0 spiro atoms. The molecule has 0 unspecified atom stereocenters. The predicted octanol–water partition coefficient (Wildman–Crippen LogP) is 8.38. The van der Waals surface area contributed by atoms with Crippen molar-refractivity contribution in [3.05, 3.63) is 91.0 Å². The van der Waals surface area contributed by atoms with E-state index in [0.717, 1.165) is 39.2 Å². The van der Waals surface area contributed by atoms with Crippen LogP contribution < -0.4 is 0 Å². The SMILES string of the molecule is CN=Nc1ccc(N=Nc2ccc(N=Nc3cccc4ccccc34)cc2)cc1. The average molecular weight is 378 g/mol. The van der Waals surface area contributed by atoms with Gasteiger partial charge in [-0.05, 0) is 60.0 Å². The number of benzene rings is 4. The lowest BCUT2D eigenvalue weighted by atomic mass is 10.1. The molecule has 29 heavy (non-hydrogen) atoms. The van der Waals surface area contributed by atoms with E-state index in [-0.39, 0.29) is 0 Å². The molecule has 0 aromatic heterocycles. The van der Waals surface area contributed by atoms with Gasteiger partial charge in [0.2, 0.25) is 0 Å². The van der Waals surface area contributed by atoms with Crippen molar-refractivity contribution in [2.24, 2.45) is 30.7 Å². The van der Waals surface area contributed by atoms with Crippen LogP contribution in [0.25, 0.3) is 10.8 Å². The van der Waals surface area contributed by atoms with Crippen molar-refractivity contribution in [2.45, 2.75) is 0 Å². The van der Waals surface area contributed by atoms with Gasteiger partial charge in [0.15, 0.2) is 0 Å². The Labute approximate surface area is 168 Å². The van der Waals surface area contributed by atoms with Crippen molar-refractivity contribution in [1.29, 1.82) is 0 Å². The molecule has 0 saturated heterocycles. The number of rotatable bonds is 5. The van der Waals surface area contributed by atoms with Crippen LogP contribution in [0, 0.1) is 0 Å². The van der Waals surface area contributed by atoms with Gasteiger partial charge in [-0.3, -0.25) is 0 Å². The van der Waals surface area contributed by atoms with Gasteiger partial charge in [0.1, 0.15) is 0 Å². The fraction of sp³-hybridized carbons (Fsp3) is 0.0435. The van der Waals surface area contributed by atoms with Gasteiger partial charge in [0.25, 0.3) is 0 Å². The Morgan fingerprint density at radius 2 is 0.931 bits per heavy atom. The summed E-state index contributed by atoms with van der Waals surface area (Å²) in [5.74, 6) is 0. The number of hydrogen-bond donors (Lipinski definition) is 0. The maximum Gasteiger partial charge on any atom is 0.0935 e. The molecule has 0 radical (unpaired) electrons. The third-order valence-corrected chi connectivity index (χ3v) is 4.24. The molecule has 6 nitrogen and oxygen atoms in total. The van der Waals surface area contributed by atoms with Gasteiger partial charge in [-0.1, -0.05) is 36.4 Å². The van der Waals surface area contributed by atoms with Crippen LogP contribution in [0.2, 0.25) is 0 Å². The summed E-state index contributed by atoms with van der Waals surface area (Å²) in [5, 5.41) is 27.2. The topological polar surface area (TPSA) is 74.2 Å². The van der Waals surface area contributed by atoms with Crippen molar-refractivity contribution < 1.29 is 0 Å². The summed E-state index contributed by atoms with van der Waals surface area (Å²) in [4.78, 5) is 0. The molecule has 4 aromatic rings. The molecule has 0 aliphatic heterocycles. The van der Waals surface area contributed by atoms with Crippen LogP contribution in [0.1, 0.15) is 0 Å². The van der Waals surface area contributed by atoms with Crippen molar-refractivity contribution in [2.75, 3.05) is 7.05 Å². The molecule has 0 fully saturated rings. The zero-order valence-corrected chi connectivity index (χ0v) is 15.8. The summed E-state index contributed by atoms with van der Waals surface area (Å²) in [5.41, 5.74) is 3.88. The van der Waals surface area contributed by atoms with Crippen molar-refractivity contribution in [3.63, 3.8) is 0 Å². The number of nitrogens with zero attached hydrogens (tertiary/aromatic N) is 6. The molecule has 0 amide bonds. The Kier molecular flexibility index (Phi) is 5.53. The molecule has 6 heteroatoms. The third-order valence-electron chi connectivity index (χ3n) is 4.24. The minimum Gasteiger partial charge on any atom is -0.192 e. The first kappa shape index (κ1) is 18.3. The van der Waals surface area contributed by atoms with E-state index in [4.69, 9.17) is 0 Å². The zero-order valence-electron chi connectivity index (χ0n) is 15.8. The van der Waals surface area contributed by atoms with Crippen LogP contribution in [0.4, 0.5) is 28.4 Å². The summed E-state index contributed by atoms with van der Waals surface area (Å²) in [6, 6.07) is 29.0. The Morgan fingerprint density at radius 1 is 0.448 bits per heavy atom. The van der Waals surface area contributed by atoms with E-state index in [1.165, 1.54) is 0 Å². The van der Waals surface area contributed by atoms with Gasteiger partial charge in [-0.2, -0.15) is 25.6 Å². The van der Waals surface area contributed by atoms with Crippen LogP contribution >= 0.6 is 0 Å². The standard InChI is InChI=1S/C23H18N6/c1-24-25-18-9-11-19(12-10-18)26-27-20-13-15-21(16-14-20)28-29-23-8-4-6-17-5-2-3-7-22(17)23/h2-16H,1H3. The van der Waals surface area contributed by atoms with Crippen molar-refractivity contribution in [3.8, 4) is 0 Å². The molecule has 140 valence electrons. The third kappa shape index (κ3) is 4.62. The minimum absolute atomic E-state index is 0.742. The van der Waals surface area contributed by atoms with Crippen LogP contribution in [0.5, 0.6) is 0 Å². The second-order valence-corrected chi connectivity index (χ2v) is 6.23. The molecular formula is C23H18N6. The van der Waals surface area contributed by atoms with Gasteiger partial charge < -0.3 is 0 Å². The molecule has 0 atom stereocenters. The molecule has 0 heterocycles. The summed E-state index contributed by atoms with van der Waals surface area (Å²) in [7, 11) is 1.64. The van der Waals surface area contributed by atoms with Crippen LogP contribution in [0.3, 0.4) is 0 Å². The first-order chi connectivity index (χ1) is 14.3. The van der Waals surface area contributed by atoms with E-state index in [1.807, 2.05) is 78.9 Å². The van der Waals surface area contributed by atoms with Crippen molar-refractivity contribution >= 4 is 39.2 Å². The fourth-order valence-electron chi connectivity index (χ4n) is 2.81. The summed E-state index contributed by atoms with van der Waals surface area (Å²) < 4.78 is 0. The maximum absolute atomic E-state index is 4.41. The summed E-state index contributed by atoms with van der Waals surface area (Å²) in [6.07, 6.45) is 0. The number of azo groups is 3. The highest BCUT2D eigenvalue weighted by Crippen LogP contribution is 2.28. The van der Waals surface area contributed by atoms with E-state index in [0.29, 0.717) is 0 Å². The van der Waals surface area contributed by atoms with E-state index in [9.17, 15) is 0 Å². The molecule has 0 saturated carbocycles. The highest BCUT2D eigenvalue weighted by atomic mass is 15.1. The molecule has 4 rings (SSSR count). The minimum atomic E-state index is 0.742.